The number of thioether (sulfide) groups is 1. The van der Waals surface area contributed by atoms with Crippen molar-refractivity contribution in [1.29, 1.82) is 0 Å². The molecule has 0 aliphatic heterocycles. The summed E-state index contributed by atoms with van der Waals surface area (Å²) < 4.78 is 2.00. The number of imide groups is 1. The predicted octanol–water partition coefficient (Wildman–Crippen LogP) is 3.38. The number of nitrogens with one attached hydrogen (secondary N) is 2. The zero-order valence-electron chi connectivity index (χ0n) is 15.4. The minimum atomic E-state index is -0.475. The van der Waals surface area contributed by atoms with Gasteiger partial charge in [0.1, 0.15) is 0 Å². The first-order chi connectivity index (χ1) is 13.7. The second kappa shape index (κ2) is 10.0. The molecule has 0 bridgehead atoms. The lowest BCUT2D eigenvalue weighted by atomic mass is 10.2. The van der Waals surface area contributed by atoms with Crippen LogP contribution in [0.5, 0.6) is 0 Å². The Morgan fingerprint density at radius 3 is 2.68 bits per heavy atom. The molecule has 0 fully saturated rings. The summed E-state index contributed by atoms with van der Waals surface area (Å²) in [7, 11) is 0. The van der Waals surface area contributed by atoms with Gasteiger partial charge in [0.2, 0.25) is 5.91 Å². The third kappa shape index (κ3) is 5.43. The van der Waals surface area contributed by atoms with Crippen LogP contribution in [0.3, 0.4) is 0 Å². The zero-order chi connectivity index (χ0) is 19.8. The molecule has 0 saturated heterocycles. The van der Waals surface area contributed by atoms with E-state index in [0.29, 0.717) is 18.2 Å². The van der Waals surface area contributed by atoms with Gasteiger partial charge < -0.3 is 5.32 Å². The summed E-state index contributed by atoms with van der Waals surface area (Å²) in [5, 5.41) is 16.2. The molecular weight excluding hydrogens is 394 g/mol. The van der Waals surface area contributed by atoms with Gasteiger partial charge in [0, 0.05) is 6.54 Å². The van der Waals surface area contributed by atoms with E-state index in [1.54, 1.807) is 11.3 Å². The normalized spacial score (nSPS) is 10.6. The highest BCUT2D eigenvalue weighted by Crippen LogP contribution is 2.28. The van der Waals surface area contributed by atoms with Gasteiger partial charge >= 0.3 is 6.03 Å². The van der Waals surface area contributed by atoms with Crippen LogP contribution in [0.1, 0.15) is 18.9 Å². The Hall–Kier alpha value is -2.65. The van der Waals surface area contributed by atoms with E-state index in [2.05, 4.69) is 20.8 Å². The number of hydrogen-bond donors (Lipinski definition) is 2. The Labute approximate surface area is 171 Å². The Morgan fingerprint density at radius 1 is 1.14 bits per heavy atom. The quantitative estimate of drug-likeness (QED) is 0.551. The van der Waals surface area contributed by atoms with Crippen molar-refractivity contribution in [2.75, 3.05) is 12.3 Å². The first-order valence-electron chi connectivity index (χ1n) is 8.89. The van der Waals surface area contributed by atoms with Gasteiger partial charge in [-0.1, -0.05) is 55.1 Å². The van der Waals surface area contributed by atoms with Crippen LogP contribution < -0.4 is 10.6 Å². The standard InChI is InChI=1S/C19H21N5O2S2/c1-2-10-20-18(26)21-16(25)13-28-19-23-22-17(15-9-6-11-27-15)24(19)12-14-7-4-3-5-8-14/h3-9,11H,2,10,12-13H2,1H3,(H2,20,21,25,26). The lowest BCUT2D eigenvalue weighted by Crippen LogP contribution is -2.40. The van der Waals surface area contributed by atoms with Crippen molar-refractivity contribution in [3.63, 3.8) is 0 Å². The summed E-state index contributed by atoms with van der Waals surface area (Å²) in [5.74, 6) is 0.477. The molecule has 2 heterocycles. The second-order valence-electron chi connectivity index (χ2n) is 5.95. The van der Waals surface area contributed by atoms with Crippen molar-refractivity contribution in [2.45, 2.75) is 25.0 Å². The molecule has 3 rings (SSSR count). The Balaban J connectivity index is 1.72. The minimum absolute atomic E-state index is 0.0803. The number of thiophene rings is 1. The van der Waals surface area contributed by atoms with Gasteiger partial charge in [-0.25, -0.2) is 4.79 Å². The molecule has 3 aromatic rings. The Kier molecular flexibility index (Phi) is 7.21. The molecule has 0 radical (unpaired) electrons. The highest BCUT2D eigenvalue weighted by Gasteiger charge is 2.17. The molecule has 28 heavy (non-hydrogen) atoms. The average Bonchev–Trinajstić information content (AvgIpc) is 3.35. The first kappa shape index (κ1) is 20.1. The SMILES string of the molecule is CCCNC(=O)NC(=O)CSc1nnc(-c2cccs2)n1Cc1ccccc1. The number of amides is 3. The highest BCUT2D eigenvalue weighted by molar-refractivity contribution is 7.99. The van der Waals surface area contributed by atoms with E-state index in [0.717, 1.165) is 22.7 Å². The largest absolute Gasteiger partial charge is 0.338 e. The maximum absolute atomic E-state index is 12.0. The number of carbonyl (C=O) groups is 2. The molecule has 0 unspecified atom stereocenters. The van der Waals surface area contributed by atoms with Gasteiger partial charge in [-0.15, -0.1) is 21.5 Å². The monoisotopic (exact) mass is 415 g/mol. The Morgan fingerprint density at radius 2 is 1.96 bits per heavy atom. The van der Waals surface area contributed by atoms with Crippen LogP contribution in [0.2, 0.25) is 0 Å². The van der Waals surface area contributed by atoms with Crippen molar-refractivity contribution in [3.05, 3.63) is 53.4 Å². The van der Waals surface area contributed by atoms with Crippen molar-refractivity contribution in [3.8, 4) is 10.7 Å². The second-order valence-corrected chi connectivity index (χ2v) is 7.84. The van der Waals surface area contributed by atoms with Crippen LogP contribution in [0.15, 0.2) is 53.0 Å². The summed E-state index contributed by atoms with van der Waals surface area (Å²) in [6, 6.07) is 13.5. The zero-order valence-corrected chi connectivity index (χ0v) is 17.1. The van der Waals surface area contributed by atoms with Crippen LogP contribution >= 0.6 is 23.1 Å². The van der Waals surface area contributed by atoms with Crippen LogP contribution in [0, 0.1) is 0 Å². The molecular formula is C19H21N5O2S2. The van der Waals surface area contributed by atoms with E-state index in [-0.39, 0.29) is 11.7 Å². The minimum Gasteiger partial charge on any atom is -0.338 e. The molecule has 3 amide bonds. The number of benzene rings is 1. The molecule has 1 aromatic carbocycles. The fraction of sp³-hybridized carbons (Fsp3) is 0.263. The summed E-state index contributed by atoms with van der Waals surface area (Å²) in [6.07, 6.45) is 0.810. The van der Waals surface area contributed by atoms with E-state index in [4.69, 9.17) is 0 Å². The molecule has 7 nitrogen and oxygen atoms in total. The predicted molar refractivity (Wildman–Crippen MR) is 111 cm³/mol. The van der Waals surface area contributed by atoms with E-state index >= 15 is 0 Å². The molecule has 0 aliphatic rings. The third-order valence-electron chi connectivity index (χ3n) is 3.76. The fourth-order valence-corrected chi connectivity index (χ4v) is 3.92. The number of hydrogen-bond acceptors (Lipinski definition) is 6. The number of urea groups is 1. The summed E-state index contributed by atoms with van der Waals surface area (Å²) in [5.41, 5.74) is 1.12. The number of rotatable bonds is 8. The number of nitrogens with zero attached hydrogens (tertiary/aromatic N) is 3. The lowest BCUT2D eigenvalue weighted by molar-refractivity contribution is -0.117. The van der Waals surface area contributed by atoms with Gasteiger partial charge in [0.25, 0.3) is 0 Å². The van der Waals surface area contributed by atoms with Crippen molar-refractivity contribution >= 4 is 35.0 Å². The number of aromatic nitrogens is 3. The molecule has 0 saturated carbocycles. The van der Waals surface area contributed by atoms with E-state index in [1.807, 2.05) is 59.3 Å². The smallest absolute Gasteiger partial charge is 0.321 e. The van der Waals surface area contributed by atoms with E-state index in [1.165, 1.54) is 11.8 Å². The molecule has 146 valence electrons. The van der Waals surface area contributed by atoms with Gasteiger partial charge in [-0.3, -0.25) is 14.7 Å². The lowest BCUT2D eigenvalue weighted by Gasteiger charge is -2.10. The summed E-state index contributed by atoms with van der Waals surface area (Å²) in [6.45, 7) is 3.08. The molecule has 0 atom stereocenters. The molecule has 2 aromatic heterocycles. The first-order valence-corrected chi connectivity index (χ1v) is 10.8. The van der Waals surface area contributed by atoms with Crippen LogP contribution in [-0.4, -0.2) is 39.0 Å². The molecule has 2 N–H and O–H groups in total. The van der Waals surface area contributed by atoms with Gasteiger partial charge in [0.05, 0.1) is 17.2 Å². The van der Waals surface area contributed by atoms with Crippen LogP contribution in [0.25, 0.3) is 10.7 Å². The molecule has 0 spiro atoms. The topological polar surface area (TPSA) is 88.9 Å². The van der Waals surface area contributed by atoms with Gasteiger partial charge in [-0.2, -0.15) is 0 Å². The fourth-order valence-electron chi connectivity index (χ4n) is 2.47. The molecule has 0 aliphatic carbocycles. The van der Waals surface area contributed by atoms with Crippen LogP contribution in [-0.2, 0) is 11.3 Å². The maximum Gasteiger partial charge on any atom is 0.321 e. The maximum atomic E-state index is 12.0. The van der Waals surface area contributed by atoms with Gasteiger partial charge in [0.15, 0.2) is 11.0 Å². The summed E-state index contributed by atoms with van der Waals surface area (Å²) in [4.78, 5) is 24.7. The number of carbonyl (C=O) groups excluding carboxylic acids is 2. The van der Waals surface area contributed by atoms with Crippen molar-refractivity contribution < 1.29 is 9.59 Å². The van der Waals surface area contributed by atoms with Gasteiger partial charge in [-0.05, 0) is 23.4 Å². The Bertz CT molecular complexity index is 910. The average molecular weight is 416 g/mol. The third-order valence-corrected chi connectivity index (χ3v) is 5.60. The van der Waals surface area contributed by atoms with Crippen LogP contribution in [0.4, 0.5) is 4.79 Å². The summed E-state index contributed by atoms with van der Waals surface area (Å²) >= 11 is 2.85. The molecule has 9 heteroatoms. The van der Waals surface area contributed by atoms with E-state index in [9.17, 15) is 9.59 Å². The van der Waals surface area contributed by atoms with E-state index < -0.39 is 6.03 Å². The van der Waals surface area contributed by atoms with Crippen molar-refractivity contribution in [2.24, 2.45) is 0 Å². The van der Waals surface area contributed by atoms with Crippen molar-refractivity contribution in [1.82, 2.24) is 25.4 Å². The highest BCUT2D eigenvalue weighted by atomic mass is 32.2.